The molecule has 3 aromatic rings. The van der Waals surface area contributed by atoms with Gasteiger partial charge in [0.2, 0.25) is 5.91 Å². The molecule has 10 heteroatoms. The highest BCUT2D eigenvalue weighted by Gasteiger charge is 2.26. The number of hydrogen-bond donors (Lipinski definition) is 3. The van der Waals surface area contributed by atoms with E-state index in [1.807, 2.05) is 0 Å². The number of benzene rings is 2. The largest absolute Gasteiger partial charge is 0.467 e. The maximum absolute atomic E-state index is 14.6. The number of nitrogens with one attached hydrogen (secondary N) is 3. The van der Waals surface area contributed by atoms with Gasteiger partial charge in [0, 0.05) is 12.1 Å². The number of rotatable bonds is 6. The molecule has 0 atom stereocenters. The molecule has 0 radical (unpaired) electrons. The second-order valence-electron chi connectivity index (χ2n) is 6.90. The predicted molar refractivity (Wildman–Crippen MR) is 110 cm³/mol. The van der Waals surface area contributed by atoms with Crippen molar-refractivity contribution >= 4 is 33.2 Å². The van der Waals surface area contributed by atoms with Crippen molar-refractivity contribution in [3.05, 3.63) is 77.5 Å². The Hall–Kier alpha value is -3.66. The molecule has 1 aliphatic heterocycles. The van der Waals surface area contributed by atoms with Crippen LogP contribution >= 0.6 is 0 Å². The van der Waals surface area contributed by atoms with Crippen molar-refractivity contribution in [1.82, 2.24) is 5.32 Å². The van der Waals surface area contributed by atoms with E-state index in [-0.39, 0.29) is 35.8 Å². The Morgan fingerprint density at radius 3 is 2.71 bits per heavy atom. The molecule has 0 aliphatic carbocycles. The van der Waals surface area contributed by atoms with E-state index in [0.717, 1.165) is 6.07 Å². The third kappa shape index (κ3) is 4.43. The predicted octanol–water partition coefficient (Wildman–Crippen LogP) is 3.03. The molecule has 0 fully saturated rings. The lowest BCUT2D eigenvalue weighted by molar-refractivity contribution is -0.116. The fraction of sp³-hybridized carbons (Fsp3) is 0.143. The Labute approximate surface area is 177 Å². The Morgan fingerprint density at radius 2 is 1.94 bits per heavy atom. The van der Waals surface area contributed by atoms with Crippen molar-refractivity contribution in [2.75, 3.05) is 10.0 Å². The first-order chi connectivity index (χ1) is 14.8. The van der Waals surface area contributed by atoms with Crippen LogP contribution in [0.25, 0.3) is 0 Å². The van der Waals surface area contributed by atoms with Gasteiger partial charge in [-0.3, -0.25) is 14.3 Å². The molecule has 0 bridgehead atoms. The van der Waals surface area contributed by atoms with E-state index < -0.39 is 26.6 Å². The van der Waals surface area contributed by atoms with E-state index in [1.54, 1.807) is 24.3 Å². The summed E-state index contributed by atoms with van der Waals surface area (Å²) in [6.45, 7) is 0.123. The summed E-state index contributed by atoms with van der Waals surface area (Å²) in [5, 5.41) is 5.17. The molecule has 8 nitrogen and oxygen atoms in total. The van der Waals surface area contributed by atoms with E-state index in [2.05, 4.69) is 15.4 Å². The van der Waals surface area contributed by atoms with Gasteiger partial charge in [-0.05, 0) is 48.4 Å². The van der Waals surface area contributed by atoms with Gasteiger partial charge in [-0.25, -0.2) is 12.8 Å². The maximum atomic E-state index is 14.6. The average Bonchev–Trinajstić information content (AvgIpc) is 3.25. The normalized spacial score (nSPS) is 13.3. The van der Waals surface area contributed by atoms with Crippen LogP contribution in [0.1, 0.15) is 28.1 Å². The van der Waals surface area contributed by atoms with Crippen molar-refractivity contribution in [1.29, 1.82) is 0 Å². The van der Waals surface area contributed by atoms with Crippen LogP contribution in [0.15, 0.2) is 64.1 Å². The van der Waals surface area contributed by atoms with Gasteiger partial charge < -0.3 is 15.1 Å². The summed E-state index contributed by atoms with van der Waals surface area (Å²) in [6.07, 6.45) is 1.96. The van der Waals surface area contributed by atoms with E-state index in [9.17, 15) is 22.4 Å². The van der Waals surface area contributed by atoms with Crippen molar-refractivity contribution < 1.29 is 26.8 Å². The average molecular weight is 443 g/mol. The fourth-order valence-electron chi connectivity index (χ4n) is 3.23. The van der Waals surface area contributed by atoms with E-state index in [1.165, 1.54) is 24.5 Å². The summed E-state index contributed by atoms with van der Waals surface area (Å²) in [6, 6.07) is 11.6. The van der Waals surface area contributed by atoms with Gasteiger partial charge in [-0.2, -0.15) is 0 Å². The number of aryl methyl sites for hydroxylation is 1. The van der Waals surface area contributed by atoms with Gasteiger partial charge in [-0.1, -0.05) is 12.1 Å². The minimum Gasteiger partial charge on any atom is -0.467 e. The number of carbonyl (C=O) groups is 2. The second-order valence-corrected chi connectivity index (χ2v) is 8.55. The van der Waals surface area contributed by atoms with E-state index >= 15 is 0 Å². The molecule has 1 aliphatic rings. The molecule has 0 saturated carbocycles. The van der Waals surface area contributed by atoms with Crippen LogP contribution in [0.3, 0.4) is 0 Å². The van der Waals surface area contributed by atoms with Gasteiger partial charge in [0.25, 0.3) is 15.9 Å². The highest BCUT2D eigenvalue weighted by atomic mass is 32.2. The van der Waals surface area contributed by atoms with Crippen LogP contribution in [0.5, 0.6) is 0 Å². The van der Waals surface area contributed by atoms with Crippen LogP contribution in [0.4, 0.5) is 15.8 Å². The van der Waals surface area contributed by atoms with Gasteiger partial charge in [-0.15, -0.1) is 0 Å². The highest BCUT2D eigenvalue weighted by molar-refractivity contribution is 7.92. The molecule has 3 N–H and O–H groups in total. The van der Waals surface area contributed by atoms with Crippen molar-refractivity contribution in [2.45, 2.75) is 24.3 Å². The lowest BCUT2D eigenvalue weighted by atomic mass is 10.0. The first-order valence-electron chi connectivity index (χ1n) is 9.38. The standard InChI is InChI=1S/C21H18FN3O5S/c22-16-11-18-13(7-8-20(26)24-18)10-19(16)31(28,29)25-17-6-2-1-5-15(17)21(27)23-12-14-4-3-9-30-14/h1-6,9-11,25H,7-8,12H2,(H,23,27)(H,24,26). The van der Waals surface area contributed by atoms with Gasteiger partial charge in [0.15, 0.2) is 0 Å². The molecule has 2 heterocycles. The van der Waals surface area contributed by atoms with Crippen LogP contribution in [0, 0.1) is 5.82 Å². The number of para-hydroxylation sites is 1. The van der Waals surface area contributed by atoms with Crippen molar-refractivity contribution in [2.24, 2.45) is 0 Å². The van der Waals surface area contributed by atoms with Crippen LogP contribution < -0.4 is 15.4 Å². The molecule has 4 rings (SSSR count). The number of halogens is 1. The summed E-state index contributed by atoms with van der Waals surface area (Å²) >= 11 is 0. The zero-order chi connectivity index (χ0) is 22.0. The third-order valence-corrected chi connectivity index (χ3v) is 6.14. The number of sulfonamides is 1. The number of furan rings is 1. The summed E-state index contributed by atoms with van der Waals surface area (Å²) in [7, 11) is -4.34. The molecule has 0 saturated heterocycles. The first-order valence-corrected chi connectivity index (χ1v) is 10.9. The number of anilines is 2. The Bertz CT molecular complexity index is 1260. The molecule has 31 heavy (non-hydrogen) atoms. The lowest BCUT2D eigenvalue weighted by Crippen LogP contribution is -2.25. The highest BCUT2D eigenvalue weighted by Crippen LogP contribution is 2.29. The summed E-state index contributed by atoms with van der Waals surface area (Å²) in [5.74, 6) is -1.25. The van der Waals surface area contributed by atoms with E-state index in [4.69, 9.17) is 4.42 Å². The zero-order valence-corrected chi connectivity index (χ0v) is 17.0. The molecule has 160 valence electrons. The van der Waals surface area contributed by atoms with Crippen molar-refractivity contribution in [3.63, 3.8) is 0 Å². The summed E-state index contributed by atoms with van der Waals surface area (Å²) in [4.78, 5) is 23.5. The second kappa shape index (κ2) is 8.23. The minimum atomic E-state index is -4.34. The Balaban J connectivity index is 1.59. The lowest BCUT2D eigenvalue weighted by Gasteiger charge is -2.19. The first kappa shape index (κ1) is 20.6. The summed E-state index contributed by atoms with van der Waals surface area (Å²) < 4.78 is 47.8. The van der Waals surface area contributed by atoms with Crippen LogP contribution in [0.2, 0.25) is 0 Å². The smallest absolute Gasteiger partial charge is 0.264 e. The third-order valence-electron chi connectivity index (χ3n) is 4.76. The molecule has 0 spiro atoms. The Kier molecular flexibility index (Phi) is 5.47. The van der Waals surface area contributed by atoms with Gasteiger partial charge >= 0.3 is 0 Å². The summed E-state index contributed by atoms with van der Waals surface area (Å²) in [5.41, 5.74) is 0.851. The topological polar surface area (TPSA) is 118 Å². The fourth-order valence-corrected chi connectivity index (χ4v) is 4.42. The number of amides is 2. The molecular weight excluding hydrogens is 425 g/mol. The minimum absolute atomic E-state index is 0.00451. The van der Waals surface area contributed by atoms with Crippen LogP contribution in [-0.2, 0) is 27.8 Å². The van der Waals surface area contributed by atoms with E-state index in [0.29, 0.717) is 17.7 Å². The molecule has 1 aromatic heterocycles. The van der Waals surface area contributed by atoms with Gasteiger partial charge in [0.1, 0.15) is 16.5 Å². The van der Waals surface area contributed by atoms with Gasteiger partial charge in [0.05, 0.1) is 24.1 Å². The number of carbonyl (C=O) groups excluding carboxylic acids is 2. The monoisotopic (exact) mass is 443 g/mol. The molecular formula is C21H18FN3O5S. The maximum Gasteiger partial charge on any atom is 0.264 e. The SMILES string of the molecule is O=C1CCc2cc(S(=O)(=O)Nc3ccccc3C(=O)NCc3ccco3)c(F)cc2N1. The zero-order valence-electron chi connectivity index (χ0n) is 16.1. The van der Waals surface area contributed by atoms with Crippen LogP contribution in [-0.4, -0.2) is 20.2 Å². The molecule has 0 unspecified atom stereocenters. The molecule has 2 aromatic carbocycles. The quantitative estimate of drug-likeness (QED) is 0.541. The number of fused-ring (bicyclic) bond motifs is 1. The van der Waals surface area contributed by atoms with Crippen molar-refractivity contribution in [3.8, 4) is 0 Å². The Morgan fingerprint density at radius 1 is 1.13 bits per heavy atom. The molecule has 2 amide bonds. The number of hydrogen-bond acceptors (Lipinski definition) is 5.